The van der Waals surface area contributed by atoms with Crippen LogP contribution >= 0.6 is 0 Å². The van der Waals surface area contributed by atoms with Crippen molar-refractivity contribution in [3.8, 4) is 0 Å². The lowest BCUT2D eigenvalue weighted by atomic mass is 9.88. The van der Waals surface area contributed by atoms with Crippen LogP contribution in [0.5, 0.6) is 0 Å². The van der Waals surface area contributed by atoms with Gasteiger partial charge in [-0.2, -0.15) is 0 Å². The minimum atomic E-state index is 0. The van der Waals surface area contributed by atoms with Crippen molar-refractivity contribution in [3.63, 3.8) is 0 Å². The maximum atomic E-state index is 4.52. The van der Waals surface area contributed by atoms with Crippen molar-refractivity contribution in [3.05, 3.63) is 71.4 Å². The molecule has 4 rings (SSSR count). The van der Waals surface area contributed by atoms with Gasteiger partial charge in [0.25, 0.3) is 0 Å². The van der Waals surface area contributed by atoms with E-state index < -0.39 is 0 Å². The minimum absolute atomic E-state index is 0. The van der Waals surface area contributed by atoms with E-state index in [-0.39, 0.29) is 5.48 Å². The third-order valence-corrected chi connectivity index (χ3v) is 3.84. The summed E-state index contributed by atoms with van der Waals surface area (Å²) in [6, 6.07) is 19.1. The zero-order chi connectivity index (χ0) is 12.7. The summed E-state index contributed by atoms with van der Waals surface area (Å²) < 4.78 is 0. The van der Waals surface area contributed by atoms with Crippen LogP contribution in [0.4, 0.5) is 0 Å². The van der Waals surface area contributed by atoms with Gasteiger partial charge in [0, 0.05) is 23.0 Å². The number of fused-ring (bicyclic) bond motifs is 3. The summed E-state index contributed by atoms with van der Waals surface area (Å²) in [4.78, 5) is 7.98. The third kappa shape index (κ3) is 1.84. The second-order valence-corrected chi connectivity index (χ2v) is 4.96. The Labute approximate surface area is 117 Å². The van der Waals surface area contributed by atoms with Gasteiger partial charge < -0.3 is 10.5 Å². The van der Waals surface area contributed by atoms with Crippen LogP contribution in [0, 0.1) is 0 Å². The maximum Gasteiger partial charge on any atom is 0.0612 e. The fourth-order valence-electron chi connectivity index (χ4n) is 2.96. The summed E-state index contributed by atoms with van der Waals surface area (Å²) >= 11 is 0. The summed E-state index contributed by atoms with van der Waals surface area (Å²) in [5, 5.41) is 1.32. The molecule has 0 fully saturated rings. The molecule has 0 radical (unpaired) electrons. The van der Waals surface area contributed by atoms with Gasteiger partial charge in [-0.05, 0) is 17.2 Å². The van der Waals surface area contributed by atoms with E-state index in [1.807, 2.05) is 6.21 Å². The number of nitrogens with one attached hydrogen (secondary N) is 1. The molecule has 100 valence electrons. The molecule has 1 unspecified atom stereocenters. The van der Waals surface area contributed by atoms with E-state index in [1.54, 1.807) is 0 Å². The predicted molar refractivity (Wildman–Crippen MR) is 82.7 cm³/mol. The van der Waals surface area contributed by atoms with Gasteiger partial charge in [-0.3, -0.25) is 4.99 Å². The lowest BCUT2D eigenvalue weighted by Crippen LogP contribution is -2.11. The minimum Gasteiger partial charge on any atom is -0.412 e. The summed E-state index contributed by atoms with van der Waals surface area (Å²) in [6.45, 7) is 0.832. The first-order chi connectivity index (χ1) is 9.43. The van der Waals surface area contributed by atoms with Crippen molar-refractivity contribution < 1.29 is 5.48 Å². The van der Waals surface area contributed by atoms with Crippen molar-refractivity contribution in [2.45, 2.75) is 5.92 Å². The molecule has 2 aromatic carbocycles. The highest BCUT2D eigenvalue weighted by Gasteiger charge is 2.23. The zero-order valence-corrected chi connectivity index (χ0v) is 11.0. The maximum absolute atomic E-state index is 4.52. The van der Waals surface area contributed by atoms with Gasteiger partial charge in [0.1, 0.15) is 0 Å². The van der Waals surface area contributed by atoms with Crippen LogP contribution in [-0.4, -0.2) is 23.2 Å². The molecule has 1 aliphatic heterocycles. The van der Waals surface area contributed by atoms with Crippen LogP contribution < -0.4 is 0 Å². The summed E-state index contributed by atoms with van der Waals surface area (Å²) in [6.07, 6.45) is 1.97. The Morgan fingerprint density at radius 1 is 0.950 bits per heavy atom. The van der Waals surface area contributed by atoms with Crippen molar-refractivity contribution in [1.82, 2.24) is 4.98 Å². The highest BCUT2D eigenvalue weighted by atomic mass is 16.0. The lowest BCUT2D eigenvalue weighted by Gasteiger charge is -2.19. The van der Waals surface area contributed by atoms with E-state index in [4.69, 9.17) is 0 Å². The Kier molecular flexibility index (Phi) is 3.12. The monoisotopic (exact) mass is 264 g/mol. The molecule has 0 aliphatic carbocycles. The van der Waals surface area contributed by atoms with Crippen molar-refractivity contribution in [1.29, 1.82) is 0 Å². The number of aromatic amines is 1. The molecule has 0 saturated heterocycles. The van der Waals surface area contributed by atoms with E-state index in [0.717, 1.165) is 12.2 Å². The molecular formula is C17H16N2O. The molecule has 1 aliphatic rings. The van der Waals surface area contributed by atoms with Gasteiger partial charge in [-0.25, -0.2) is 0 Å². The number of nitrogens with zero attached hydrogens (tertiary/aromatic N) is 1. The van der Waals surface area contributed by atoms with Crippen LogP contribution in [0.25, 0.3) is 10.9 Å². The summed E-state index contributed by atoms with van der Waals surface area (Å²) in [5.41, 5.74) is 5.07. The number of hydrogen-bond donors (Lipinski definition) is 1. The first-order valence-electron chi connectivity index (χ1n) is 6.59. The smallest absolute Gasteiger partial charge is 0.0612 e. The topological polar surface area (TPSA) is 59.6 Å². The molecule has 1 aromatic heterocycles. The predicted octanol–water partition coefficient (Wildman–Crippen LogP) is 2.91. The Bertz CT molecular complexity index is 759. The number of benzene rings is 2. The molecule has 0 amide bonds. The van der Waals surface area contributed by atoms with Gasteiger partial charge in [0.05, 0.1) is 12.2 Å². The molecular weight excluding hydrogens is 248 g/mol. The van der Waals surface area contributed by atoms with Gasteiger partial charge in [0.15, 0.2) is 0 Å². The van der Waals surface area contributed by atoms with E-state index in [2.05, 4.69) is 64.6 Å². The normalized spacial score (nSPS) is 16.7. The number of rotatable bonds is 1. The van der Waals surface area contributed by atoms with Gasteiger partial charge in [-0.1, -0.05) is 48.5 Å². The Morgan fingerprint density at radius 3 is 2.55 bits per heavy atom. The van der Waals surface area contributed by atoms with Crippen LogP contribution in [-0.2, 0) is 0 Å². The molecule has 3 N–H and O–H groups in total. The number of hydrogen-bond acceptors (Lipinski definition) is 1. The first-order valence-corrected chi connectivity index (χ1v) is 6.59. The SMILES string of the molecule is C1=NCC(c2ccccc2)c2c1[nH]c1ccccc21.O. The van der Waals surface area contributed by atoms with Crippen LogP contribution in [0.15, 0.2) is 59.6 Å². The first kappa shape index (κ1) is 12.6. The van der Waals surface area contributed by atoms with E-state index >= 15 is 0 Å². The van der Waals surface area contributed by atoms with Gasteiger partial charge >= 0.3 is 0 Å². The fourth-order valence-corrected chi connectivity index (χ4v) is 2.96. The van der Waals surface area contributed by atoms with Crippen molar-refractivity contribution in [2.75, 3.05) is 6.54 Å². The van der Waals surface area contributed by atoms with Crippen LogP contribution in [0.1, 0.15) is 22.7 Å². The van der Waals surface area contributed by atoms with Crippen LogP contribution in [0.2, 0.25) is 0 Å². The molecule has 3 nitrogen and oxygen atoms in total. The number of aliphatic imine (C=N–C) groups is 1. The summed E-state index contributed by atoms with van der Waals surface area (Å²) in [5.74, 6) is 0.359. The molecule has 1 atom stereocenters. The van der Waals surface area contributed by atoms with E-state index in [9.17, 15) is 0 Å². The Hall–Kier alpha value is -2.39. The quantitative estimate of drug-likeness (QED) is 0.702. The second-order valence-electron chi connectivity index (χ2n) is 4.96. The summed E-state index contributed by atoms with van der Waals surface area (Å²) in [7, 11) is 0. The molecule has 3 aromatic rings. The average molecular weight is 264 g/mol. The van der Waals surface area contributed by atoms with Crippen LogP contribution in [0.3, 0.4) is 0 Å². The lowest BCUT2D eigenvalue weighted by molar-refractivity contribution is 0.814. The van der Waals surface area contributed by atoms with E-state index in [1.165, 1.54) is 22.0 Å². The van der Waals surface area contributed by atoms with E-state index in [0.29, 0.717) is 5.92 Å². The molecule has 2 heterocycles. The largest absolute Gasteiger partial charge is 0.412 e. The molecule has 3 heteroatoms. The van der Waals surface area contributed by atoms with Gasteiger partial charge in [-0.15, -0.1) is 0 Å². The molecule has 0 spiro atoms. The Balaban J connectivity index is 0.00000121. The standard InChI is InChI=1S/C17H14N2.H2O/c1-2-6-12(7-3-1)14-10-18-11-16-17(14)13-8-4-5-9-15(13)19-16;/h1-9,11,14,19H,10H2;1H2. The highest BCUT2D eigenvalue weighted by molar-refractivity contribution is 5.95. The number of aromatic nitrogens is 1. The highest BCUT2D eigenvalue weighted by Crippen LogP contribution is 2.35. The van der Waals surface area contributed by atoms with Crippen molar-refractivity contribution >= 4 is 17.1 Å². The third-order valence-electron chi connectivity index (χ3n) is 3.84. The average Bonchev–Trinajstić information content (AvgIpc) is 2.86. The Morgan fingerprint density at radius 2 is 1.70 bits per heavy atom. The second kappa shape index (κ2) is 4.94. The van der Waals surface area contributed by atoms with Gasteiger partial charge in [0.2, 0.25) is 0 Å². The zero-order valence-electron chi connectivity index (χ0n) is 11.0. The van der Waals surface area contributed by atoms with Crippen molar-refractivity contribution in [2.24, 2.45) is 4.99 Å². The molecule has 0 bridgehead atoms. The number of H-pyrrole nitrogens is 1. The fraction of sp³-hybridized carbons (Fsp3) is 0.118. The number of para-hydroxylation sites is 1. The molecule has 20 heavy (non-hydrogen) atoms. The molecule has 0 saturated carbocycles.